The average molecular weight is 222 g/mol. The van der Waals surface area contributed by atoms with Crippen molar-refractivity contribution in [2.24, 2.45) is 0 Å². The van der Waals surface area contributed by atoms with Crippen LogP contribution in [0.1, 0.15) is 24.8 Å². The zero-order valence-corrected chi connectivity index (χ0v) is 8.89. The fraction of sp³-hybridized carbons (Fsp3) is 0.455. The Morgan fingerprint density at radius 2 is 2.25 bits per heavy atom. The van der Waals surface area contributed by atoms with Gasteiger partial charge in [0.05, 0.1) is 17.6 Å². The fourth-order valence-corrected chi connectivity index (χ4v) is 1.63. The second-order valence-electron chi connectivity index (χ2n) is 3.97. The number of nitro benzene ring substituents is 1. The normalized spacial score (nSPS) is 15.8. The van der Waals surface area contributed by atoms with Crippen LogP contribution in [0.2, 0.25) is 0 Å². The Morgan fingerprint density at radius 3 is 2.81 bits per heavy atom. The summed E-state index contributed by atoms with van der Waals surface area (Å²) in [5.41, 5.74) is 6.57. The third kappa shape index (κ3) is 2.14. The molecule has 0 amide bonds. The van der Waals surface area contributed by atoms with Crippen molar-refractivity contribution < 1.29 is 9.66 Å². The van der Waals surface area contributed by atoms with Crippen LogP contribution in [0.15, 0.2) is 18.2 Å². The Bertz CT molecular complexity index is 402. The minimum absolute atomic E-state index is 0.0466. The molecule has 2 N–H and O–H groups in total. The van der Waals surface area contributed by atoms with Crippen molar-refractivity contribution in [3.63, 3.8) is 0 Å². The van der Waals surface area contributed by atoms with E-state index in [1.807, 2.05) is 0 Å². The highest BCUT2D eigenvalue weighted by atomic mass is 16.6. The number of nitrogen functional groups attached to an aromatic ring is 1. The van der Waals surface area contributed by atoms with Crippen molar-refractivity contribution in [2.75, 3.05) is 5.73 Å². The zero-order valence-electron chi connectivity index (χ0n) is 8.89. The summed E-state index contributed by atoms with van der Waals surface area (Å²) in [7, 11) is 0. The van der Waals surface area contributed by atoms with Gasteiger partial charge in [0, 0.05) is 11.6 Å². The van der Waals surface area contributed by atoms with Crippen molar-refractivity contribution in [2.45, 2.75) is 32.0 Å². The zero-order chi connectivity index (χ0) is 11.5. The maximum Gasteiger partial charge on any atom is 0.292 e. The van der Waals surface area contributed by atoms with Gasteiger partial charge in [0.1, 0.15) is 5.69 Å². The Morgan fingerprint density at radius 1 is 1.50 bits per heavy atom. The van der Waals surface area contributed by atoms with Gasteiger partial charge in [-0.25, -0.2) is 0 Å². The number of nitro groups is 1. The van der Waals surface area contributed by atoms with Crippen LogP contribution in [0.25, 0.3) is 0 Å². The van der Waals surface area contributed by atoms with Crippen molar-refractivity contribution in [3.8, 4) is 0 Å². The van der Waals surface area contributed by atoms with Gasteiger partial charge in [0.15, 0.2) is 0 Å². The number of rotatable bonds is 4. The lowest BCUT2D eigenvalue weighted by Gasteiger charge is -2.25. The molecule has 0 spiro atoms. The van der Waals surface area contributed by atoms with Gasteiger partial charge in [-0.3, -0.25) is 10.1 Å². The summed E-state index contributed by atoms with van der Waals surface area (Å²) in [4.78, 5) is 10.2. The van der Waals surface area contributed by atoms with Crippen LogP contribution in [-0.2, 0) is 11.3 Å². The standard InChI is InChI=1S/C11H14N2O3/c12-11-8(7-16-9-4-2-5-9)3-1-6-10(11)13(14)15/h1,3,6,9H,2,4-5,7,12H2. The number of benzene rings is 1. The number of hydrogen-bond acceptors (Lipinski definition) is 4. The molecular formula is C11H14N2O3. The van der Waals surface area contributed by atoms with Crippen molar-refractivity contribution in [3.05, 3.63) is 33.9 Å². The van der Waals surface area contributed by atoms with Crippen LogP contribution < -0.4 is 5.73 Å². The van der Waals surface area contributed by atoms with E-state index in [2.05, 4.69) is 0 Å². The summed E-state index contributed by atoms with van der Waals surface area (Å²) in [6, 6.07) is 4.80. The minimum Gasteiger partial charge on any atom is -0.393 e. The topological polar surface area (TPSA) is 78.4 Å². The Hall–Kier alpha value is -1.62. The molecule has 0 atom stereocenters. The summed E-state index contributed by atoms with van der Waals surface area (Å²) < 4.78 is 5.58. The van der Waals surface area contributed by atoms with E-state index in [1.165, 1.54) is 12.5 Å². The smallest absolute Gasteiger partial charge is 0.292 e. The predicted octanol–water partition coefficient (Wildman–Crippen LogP) is 2.25. The Labute approximate surface area is 93.4 Å². The Balaban J connectivity index is 2.07. The van der Waals surface area contributed by atoms with Crippen LogP contribution in [0.3, 0.4) is 0 Å². The summed E-state index contributed by atoms with van der Waals surface area (Å²) >= 11 is 0. The predicted molar refractivity (Wildman–Crippen MR) is 59.9 cm³/mol. The summed E-state index contributed by atoms with van der Waals surface area (Å²) in [6.45, 7) is 0.359. The second kappa shape index (κ2) is 4.49. The Kier molecular flexibility index (Phi) is 3.05. The molecule has 0 aromatic heterocycles. The number of anilines is 1. The first-order chi connectivity index (χ1) is 7.68. The minimum atomic E-state index is -0.470. The highest BCUT2D eigenvalue weighted by Crippen LogP contribution is 2.28. The summed E-state index contributed by atoms with van der Waals surface area (Å²) in [6.07, 6.45) is 3.66. The average Bonchev–Trinajstić information content (AvgIpc) is 2.17. The molecule has 0 heterocycles. The van der Waals surface area contributed by atoms with Crippen molar-refractivity contribution in [1.82, 2.24) is 0 Å². The van der Waals surface area contributed by atoms with E-state index in [-0.39, 0.29) is 11.4 Å². The fourth-order valence-electron chi connectivity index (χ4n) is 1.63. The van der Waals surface area contributed by atoms with Crippen LogP contribution in [-0.4, -0.2) is 11.0 Å². The van der Waals surface area contributed by atoms with E-state index in [9.17, 15) is 10.1 Å². The summed E-state index contributed by atoms with van der Waals surface area (Å²) in [5.74, 6) is 0. The molecule has 5 heteroatoms. The van der Waals surface area contributed by atoms with Crippen LogP contribution >= 0.6 is 0 Å². The molecule has 1 aromatic carbocycles. The molecule has 1 saturated carbocycles. The van der Waals surface area contributed by atoms with E-state index < -0.39 is 4.92 Å². The van der Waals surface area contributed by atoms with E-state index in [0.29, 0.717) is 18.3 Å². The molecule has 0 unspecified atom stereocenters. The van der Waals surface area contributed by atoms with Gasteiger partial charge < -0.3 is 10.5 Å². The van der Waals surface area contributed by atoms with Gasteiger partial charge in [-0.2, -0.15) is 0 Å². The summed E-state index contributed by atoms with van der Waals surface area (Å²) in [5, 5.41) is 10.7. The molecular weight excluding hydrogens is 208 g/mol. The number of nitrogens with two attached hydrogens (primary N) is 1. The lowest BCUT2D eigenvalue weighted by atomic mass is 9.96. The highest BCUT2D eigenvalue weighted by molar-refractivity contribution is 5.62. The lowest BCUT2D eigenvalue weighted by Crippen LogP contribution is -2.21. The molecule has 1 aliphatic carbocycles. The number of ether oxygens (including phenoxy) is 1. The number of nitrogens with zero attached hydrogens (tertiary/aromatic N) is 1. The molecule has 16 heavy (non-hydrogen) atoms. The largest absolute Gasteiger partial charge is 0.393 e. The molecule has 0 saturated heterocycles. The van der Waals surface area contributed by atoms with Crippen molar-refractivity contribution >= 4 is 11.4 Å². The molecule has 86 valence electrons. The quantitative estimate of drug-likeness (QED) is 0.481. The molecule has 5 nitrogen and oxygen atoms in total. The van der Waals surface area contributed by atoms with Gasteiger partial charge >= 0.3 is 0 Å². The third-order valence-corrected chi connectivity index (χ3v) is 2.90. The van der Waals surface area contributed by atoms with Gasteiger partial charge in [-0.05, 0) is 19.3 Å². The van der Waals surface area contributed by atoms with Crippen LogP contribution in [0, 0.1) is 10.1 Å². The van der Waals surface area contributed by atoms with Gasteiger partial charge in [0.25, 0.3) is 5.69 Å². The molecule has 1 fully saturated rings. The number of hydrogen-bond donors (Lipinski definition) is 1. The van der Waals surface area contributed by atoms with E-state index in [0.717, 1.165) is 12.8 Å². The molecule has 1 aliphatic rings. The van der Waals surface area contributed by atoms with Gasteiger partial charge in [-0.1, -0.05) is 12.1 Å². The molecule has 1 aromatic rings. The lowest BCUT2D eigenvalue weighted by molar-refractivity contribution is -0.384. The maximum atomic E-state index is 10.7. The van der Waals surface area contributed by atoms with Crippen LogP contribution in [0.5, 0.6) is 0 Å². The first-order valence-electron chi connectivity index (χ1n) is 5.32. The first kappa shape index (κ1) is 10.9. The highest BCUT2D eigenvalue weighted by Gasteiger charge is 2.19. The molecule has 0 radical (unpaired) electrons. The SMILES string of the molecule is Nc1c(COC2CCC2)cccc1[N+](=O)[O-]. The molecule has 2 rings (SSSR count). The van der Waals surface area contributed by atoms with Gasteiger partial charge in [-0.15, -0.1) is 0 Å². The van der Waals surface area contributed by atoms with Crippen molar-refractivity contribution in [1.29, 1.82) is 0 Å². The van der Waals surface area contributed by atoms with Crippen LogP contribution in [0.4, 0.5) is 11.4 Å². The van der Waals surface area contributed by atoms with E-state index >= 15 is 0 Å². The number of para-hydroxylation sites is 1. The maximum absolute atomic E-state index is 10.7. The molecule has 0 aliphatic heterocycles. The second-order valence-corrected chi connectivity index (χ2v) is 3.97. The van der Waals surface area contributed by atoms with Gasteiger partial charge in [0.2, 0.25) is 0 Å². The van der Waals surface area contributed by atoms with E-state index in [4.69, 9.17) is 10.5 Å². The third-order valence-electron chi connectivity index (χ3n) is 2.90. The molecule has 0 bridgehead atoms. The van der Waals surface area contributed by atoms with E-state index in [1.54, 1.807) is 12.1 Å². The first-order valence-corrected chi connectivity index (χ1v) is 5.32. The monoisotopic (exact) mass is 222 g/mol.